The zero-order chi connectivity index (χ0) is 15.0. The van der Waals surface area contributed by atoms with Crippen LogP contribution in [0.15, 0.2) is 18.2 Å². The molecule has 1 aromatic carbocycles. The summed E-state index contributed by atoms with van der Waals surface area (Å²) in [7, 11) is -3.49. The third-order valence-corrected chi connectivity index (χ3v) is 5.59. The predicted molar refractivity (Wildman–Crippen MR) is 76.7 cm³/mol. The zero-order valence-corrected chi connectivity index (χ0v) is 12.0. The summed E-state index contributed by atoms with van der Waals surface area (Å²) in [6.07, 6.45) is 1.11. The molecular weight excluding hydrogens is 294 g/mol. The molecule has 8 heteroatoms. The Kier molecular flexibility index (Phi) is 3.42. The molecule has 0 radical (unpaired) electrons. The second-order valence-electron chi connectivity index (χ2n) is 5.14. The van der Waals surface area contributed by atoms with E-state index in [1.165, 1.54) is 18.2 Å². The maximum atomic E-state index is 12.3. The minimum absolute atomic E-state index is 0.200. The minimum Gasteiger partial charge on any atom is -0.317 e. The molecule has 2 heterocycles. The van der Waals surface area contributed by atoms with Crippen LogP contribution < -0.4 is 15.4 Å². The normalized spacial score (nSPS) is 19.2. The largest absolute Gasteiger partial charge is 0.317 e. The standard InChI is InChI=1S/C13H15N3O4S/c17-12-10-2-1-8(7-11(10)13(18)15-12)16-21(19,20)9-3-5-14-6-4-9/h1-2,7,9,14,16H,3-6H2,(H,15,17,18). The van der Waals surface area contributed by atoms with Gasteiger partial charge in [0, 0.05) is 5.69 Å². The predicted octanol–water partition coefficient (Wildman–Crippen LogP) is 0.0639. The van der Waals surface area contributed by atoms with E-state index >= 15 is 0 Å². The molecule has 1 fully saturated rings. The maximum Gasteiger partial charge on any atom is 0.259 e. The fraction of sp³-hybridized carbons (Fsp3) is 0.385. The summed E-state index contributed by atoms with van der Waals surface area (Å²) >= 11 is 0. The SMILES string of the molecule is O=C1NC(=O)c2cc(NS(=O)(=O)C3CCNCC3)ccc21. The molecule has 0 aliphatic carbocycles. The summed E-state index contributed by atoms with van der Waals surface area (Å²) < 4.78 is 27.1. The van der Waals surface area contributed by atoms with Crippen molar-refractivity contribution in [2.45, 2.75) is 18.1 Å². The Morgan fingerprint density at radius 3 is 2.43 bits per heavy atom. The molecule has 1 saturated heterocycles. The highest BCUT2D eigenvalue weighted by Gasteiger charge is 2.29. The Bertz CT molecular complexity index is 708. The summed E-state index contributed by atoms with van der Waals surface area (Å²) in [6, 6.07) is 4.35. The highest BCUT2D eigenvalue weighted by atomic mass is 32.2. The van der Waals surface area contributed by atoms with Crippen molar-refractivity contribution in [3.63, 3.8) is 0 Å². The number of benzene rings is 1. The minimum atomic E-state index is -3.49. The first-order valence-corrected chi connectivity index (χ1v) is 8.24. The van der Waals surface area contributed by atoms with Gasteiger partial charge in [-0.3, -0.25) is 19.6 Å². The molecule has 0 saturated carbocycles. The summed E-state index contributed by atoms with van der Waals surface area (Å²) in [5.74, 6) is -0.958. The fourth-order valence-corrected chi connectivity index (χ4v) is 4.06. The lowest BCUT2D eigenvalue weighted by molar-refractivity contribution is 0.0879. The number of carbonyl (C=O) groups is 2. The van der Waals surface area contributed by atoms with Crippen LogP contribution in [0.25, 0.3) is 0 Å². The van der Waals surface area contributed by atoms with Gasteiger partial charge in [0.1, 0.15) is 0 Å². The van der Waals surface area contributed by atoms with E-state index < -0.39 is 27.1 Å². The monoisotopic (exact) mass is 309 g/mol. The number of rotatable bonds is 3. The van der Waals surface area contributed by atoms with Crippen LogP contribution in [0.3, 0.4) is 0 Å². The Hall–Kier alpha value is -1.93. The van der Waals surface area contributed by atoms with Crippen molar-refractivity contribution >= 4 is 27.5 Å². The van der Waals surface area contributed by atoms with Crippen molar-refractivity contribution in [2.24, 2.45) is 0 Å². The number of nitrogens with one attached hydrogen (secondary N) is 3. The molecule has 0 bridgehead atoms. The van der Waals surface area contributed by atoms with Crippen LogP contribution >= 0.6 is 0 Å². The molecule has 112 valence electrons. The molecule has 2 amide bonds. The molecule has 0 spiro atoms. The summed E-state index contributed by atoms with van der Waals surface area (Å²) in [4.78, 5) is 23.0. The van der Waals surface area contributed by atoms with Gasteiger partial charge in [-0.05, 0) is 44.1 Å². The van der Waals surface area contributed by atoms with Crippen molar-refractivity contribution in [2.75, 3.05) is 17.8 Å². The Morgan fingerprint density at radius 2 is 1.71 bits per heavy atom. The smallest absolute Gasteiger partial charge is 0.259 e. The molecule has 2 aliphatic heterocycles. The van der Waals surface area contributed by atoms with E-state index in [1.54, 1.807) is 0 Å². The third-order valence-electron chi connectivity index (χ3n) is 3.72. The van der Waals surface area contributed by atoms with E-state index in [0.717, 1.165) is 0 Å². The van der Waals surface area contributed by atoms with Crippen molar-refractivity contribution in [3.05, 3.63) is 29.3 Å². The quantitative estimate of drug-likeness (QED) is 0.685. The average Bonchev–Trinajstić information content (AvgIpc) is 2.74. The first-order valence-electron chi connectivity index (χ1n) is 6.69. The Balaban J connectivity index is 1.84. The molecule has 0 aromatic heterocycles. The average molecular weight is 309 g/mol. The lowest BCUT2D eigenvalue weighted by Gasteiger charge is -2.23. The molecule has 2 aliphatic rings. The molecule has 7 nitrogen and oxygen atoms in total. The number of carbonyl (C=O) groups excluding carboxylic acids is 2. The van der Waals surface area contributed by atoms with E-state index in [2.05, 4.69) is 15.4 Å². The highest BCUT2D eigenvalue weighted by Crippen LogP contribution is 2.23. The summed E-state index contributed by atoms with van der Waals surface area (Å²) in [5.41, 5.74) is 0.771. The zero-order valence-electron chi connectivity index (χ0n) is 11.2. The van der Waals surface area contributed by atoms with E-state index in [1.807, 2.05) is 0 Å². The number of amides is 2. The van der Waals surface area contributed by atoms with Crippen molar-refractivity contribution in [3.8, 4) is 0 Å². The van der Waals surface area contributed by atoms with Crippen LogP contribution in [0, 0.1) is 0 Å². The van der Waals surface area contributed by atoms with Gasteiger partial charge in [-0.1, -0.05) is 0 Å². The van der Waals surface area contributed by atoms with Gasteiger partial charge < -0.3 is 5.32 Å². The van der Waals surface area contributed by atoms with Gasteiger partial charge in [0.15, 0.2) is 0 Å². The third kappa shape index (κ3) is 2.64. The van der Waals surface area contributed by atoms with Crippen molar-refractivity contribution in [1.29, 1.82) is 0 Å². The van der Waals surface area contributed by atoms with Gasteiger partial charge in [-0.2, -0.15) is 0 Å². The van der Waals surface area contributed by atoms with Gasteiger partial charge in [0.05, 0.1) is 16.4 Å². The first-order chi connectivity index (χ1) is 9.97. The number of fused-ring (bicyclic) bond motifs is 1. The van der Waals surface area contributed by atoms with Crippen molar-refractivity contribution < 1.29 is 18.0 Å². The van der Waals surface area contributed by atoms with Crippen LogP contribution in [-0.2, 0) is 10.0 Å². The van der Waals surface area contributed by atoms with Gasteiger partial charge in [0.25, 0.3) is 11.8 Å². The van der Waals surface area contributed by atoms with Crippen LogP contribution in [0.4, 0.5) is 5.69 Å². The number of hydrogen-bond acceptors (Lipinski definition) is 5. The number of anilines is 1. The summed E-state index contributed by atoms with van der Waals surface area (Å²) in [5, 5.41) is 4.84. The topological polar surface area (TPSA) is 104 Å². The lowest BCUT2D eigenvalue weighted by Crippen LogP contribution is -2.38. The van der Waals surface area contributed by atoms with E-state index in [4.69, 9.17) is 0 Å². The van der Waals surface area contributed by atoms with Gasteiger partial charge in [-0.15, -0.1) is 0 Å². The Morgan fingerprint density at radius 1 is 1.05 bits per heavy atom. The molecule has 0 unspecified atom stereocenters. The second kappa shape index (κ2) is 5.12. The molecular formula is C13H15N3O4S. The van der Waals surface area contributed by atoms with Crippen LogP contribution in [0.5, 0.6) is 0 Å². The van der Waals surface area contributed by atoms with Gasteiger partial charge in [-0.25, -0.2) is 8.42 Å². The number of hydrogen-bond donors (Lipinski definition) is 3. The molecule has 1 aromatic rings. The molecule has 3 rings (SSSR count). The molecule has 21 heavy (non-hydrogen) atoms. The van der Waals surface area contributed by atoms with Crippen LogP contribution in [-0.4, -0.2) is 38.6 Å². The molecule has 3 N–H and O–H groups in total. The number of sulfonamides is 1. The fourth-order valence-electron chi connectivity index (χ4n) is 2.58. The molecule has 0 atom stereocenters. The summed E-state index contributed by atoms with van der Waals surface area (Å²) in [6.45, 7) is 1.35. The second-order valence-corrected chi connectivity index (χ2v) is 7.10. The van der Waals surface area contributed by atoms with E-state index in [9.17, 15) is 18.0 Å². The van der Waals surface area contributed by atoms with E-state index in [-0.39, 0.29) is 11.1 Å². The maximum absolute atomic E-state index is 12.3. The van der Waals surface area contributed by atoms with Crippen LogP contribution in [0.1, 0.15) is 33.6 Å². The van der Waals surface area contributed by atoms with Gasteiger partial charge in [0.2, 0.25) is 10.0 Å². The first kappa shape index (κ1) is 14.0. The van der Waals surface area contributed by atoms with Crippen LogP contribution in [0.2, 0.25) is 0 Å². The van der Waals surface area contributed by atoms with Crippen molar-refractivity contribution in [1.82, 2.24) is 10.6 Å². The lowest BCUT2D eigenvalue weighted by atomic mass is 10.1. The number of piperidine rings is 1. The number of imide groups is 1. The highest BCUT2D eigenvalue weighted by molar-refractivity contribution is 7.93. The Labute approximate surface area is 122 Å². The van der Waals surface area contributed by atoms with E-state index in [0.29, 0.717) is 31.6 Å². The van der Waals surface area contributed by atoms with Gasteiger partial charge >= 0.3 is 0 Å².